The SMILES string of the molecule is c1ccc2oc(-c3nc4ccccc4[nH]3)cc2c1. The number of furan rings is 1. The van der Waals surface area contributed by atoms with E-state index in [0.717, 1.165) is 33.6 Å². The molecule has 0 aliphatic heterocycles. The molecule has 4 aromatic rings. The largest absolute Gasteiger partial charge is 0.453 e. The minimum absolute atomic E-state index is 0.771. The van der Waals surface area contributed by atoms with Crippen LogP contribution in [0.3, 0.4) is 0 Å². The second kappa shape index (κ2) is 3.47. The fourth-order valence-corrected chi connectivity index (χ4v) is 2.17. The molecule has 0 bridgehead atoms. The molecule has 86 valence electrons. The van der Waals surface area contributed by atoms with Crippen LogP contribution >= 0.6 is 0 Å². The fraction of sp³-hybridized carbons (Fsp3) is 0. The molecule has 0 fully saturated rings. The zero-order valence-corrected chi connectivity index (χ0v) is 9.55. The van der Waals surface area contributed by atoms with Crippen molar-refractivity contribution in [3.63, 3.8) is 0 Å². The van der Waals surface area contributed by atoms with Gasteiger partial charge in [0.15, 0.2) is 11.6 Å². The molecule has 0 aliphatic rings. The Morgan fingerprint density at radius 1 is 0.944 bits per heavy atom. The highest BCUT2D eigenvalue weighted by Crippen LogP contribution is 2.27. The Morgan fingerprint density at radius 3 is 2.67 bits per heavy atom. The van der Waals surface area contributed by atoms with Gasteiger partial charge in [-0.25, -0.2) is 4.98 Å². The molecule has 0 saturated heterocycles. The summed E-state index contributed by atoms with van der Waals surface area (Å²) in [7, 11) is 0. The third-order valence-electron chi connectivity index (χ3n) is 3.05. The van der Waals surface area contributed by atoms with E-state index in [-0.39, 0.29) is 0 Å². The van der Waals surface area contributed by atoms with Gasteiger partial charge in [0.05, 0.1) is 11.0 Å². The van der Waals surface area contributed by atoms with Crippen molar-refractivity contribution >= 4 is 22.0 Å². The second-order valence-corrected chi connectivity index (χ2v) is 4.25. The molecule has 3 heteroatoms. The van der Waals surface area contributed by atoms with E-state index in [1.54, 1.807) is 0 Å². The first-order valence-electron chi connectivity index (χ1n) is 5.84. The lowest BCUT2D eigenvalue weighted by molar-refractivity contribution is 0.627. The van der Waals surface area contributed by atoms with Crippen LogP contribution in [-0.2, 0) is 0 Å². The molecule has 18 heavy (non-hydrogen) atoms. The van der Waals surface area contributed by atoms with Crippen LogP contribution in [0.5, 0.6) is 0 Å². The van der Waals surface area contributed by atoms with Gasteiger partial charge in [-0.1, -0.05) is 30.3 Å². The molecule has 0 atom stereocenters. The topological polar surface area (TPSA) is 41.8 Å². The number of para-hydroxylation sites is 3. The molecule has 2 heterocycles. The highest BCUT2D eigenvalue weighted by Gasteiger charge is 2.09. The van der Waals surface area contributed by atoms with Crippen LogP contribution in [0, 0.1) is 0 Å². The Hall–Kier alpha value is -2.55. The number of hydrogen-bond acceptors (Lipinski definition) is 2. The van der Waals surface area contributed by atoms with E-state index in [9.17, 15) is 0 Å². The first kappa shape index (κ1) is 9.48. The van der Waals surface area contributed by atoms with Crippen LogP contribution < -0.4 is 0 Å². The summed E-state index contributed by atoms with van der Waals surface area (Å²) in [5, 5.41) is 1.09. The van der Waals surface area contributed by atoms with Gasteiger partial charge in [0.2, 0.25) is 0 Å². The first-order valence-corrected chi connectivity index (χ1v) is 5.84. The van der Waals surface area contributed by atoms with Crippen molar-refractivity contribution < 1.29 is 4.42 Å². The van der Waals surface area contributed by atoms with Gasteiger partial charge in [-0.15, -0.1) is 0 Å². The number of aromatic nitrogens is 2. The summed E-state index contributed by atoms with van der Waals surface area (Å²) >= 11 is 0. The van der Waals surface area contributed by atoms with Gasteiger partial charge in [-0.3, -0.25) is 0 Å². The van der Waals surface area contributed by atoms with Gasteiger partial charge in [0.1, 0.15) is 5.58 Å². The van der Waals surface area contributed by atoms with Crippen molar-refractivity contribution in [3.05, 3.63) is 54.6 Å². The number of imidazole rings is 1. The lowest BCUT2D eigenvalue weighted by atomic mass is 10.2. The van der Waals surface area contributed by atoms with Crippen LogP contribution in [0.25, 0.3) is 33.6 Å². The molecule has 4 rings (SSSR count). The molecule has 0 spiro atoms. The highest BCUT2D eigenvalue weighted by molar-refractivity contribution is 5.84. The summed E-state index contributed by atoms with van der Waals surface area (Å²) in [6.07, 6.45) is 0. The number of rotatable bonds is 1. The molecular weight excluding hydrogens is 224 g/mol. The van der Waals surface area contributed by atoms with Gasteiger partial charge in [0, 0.05) is 5.39 Å². The Balaban J connectivity index is 1.95. The fourth-order valence-electron chi connectivity index (χ4n) is 2.17. The van der Waals surface area contributed by atoms with Crippen LogP contribution in [0.4, 0.5) is 0 Å². The Bertz CT molecular complexity index is 704. The predicted molar refractivity (Wildman–Crippen MR) is 71.3 cm³/mol. The summed E-state index contributed by atoms with van der Waals surface area (Å²) in [5.74, 6) is 1.54. The molecule has 0 radical (unpaired) electrons. The summed E-state index contributed by atoms with van der Waals surface area (Å²) in [4.78, 5) is 7.80. The van der Waals surface area contributed by atoms with E-state index in [4.69, 9.17) is 4.42 Å². The lowest BCUT2D eigenvalue weighted by Crippen LogP contribution is -1.74. The number of nitrogens with one attached hydrogen (secondary N) is 1. The van der Waals surface area contributed by atoms with Crippen LogP contribution in [0.2, 0.25) is 0 Å². The summed E-state index contributed by atoms with van der Waals surface area (Å²) in [5.41, 5.74) is 2.86. The quantitative estimate of drug-likeness (QED) is 0.541. The lowest BCUT2D eigenvalue weighted by Gasteiger charge is -1.87. The van der Waals surface area contributed by atoms with Crippen molar-refractivity contribution in [2.45, 2.75) is 0 Å². The Labute approximate surface area is 103 Å². The van der Waals surface area contributed by atoms with Gasteiger partial charge in [-0.05, 0) is 24.3 Å². The van der Waals surface area contributed by atoms with E-state index < -0.39 is 0 Å². The molecule has 0 unspecified atom stereocenters. The standard InChI is InChI=1S/C15H10N2O/c1-4-8-13-10(5-1)9-14(18-13)15-16-11-6-2-3-7-12(11)17-15/h1-9H,(H,16,17). The van der Waals surface area contributed by atoms with Crippen molar-refractivity contribution in [3.8, 4) is 11.6 Å². The van der Waals surface area contributed by atoms with Gasteiger partial charge < -0.3 is 9.40 Å². The summed E-state index contributed by atoms with van der Waals surface area (Å²) in [6, 6.07) is 17.9. The van der Waals surface area contributed by atoms with Crippen molar-refractivity contribution in [2.24, 2.45) is 0 Å². The zero-order chi connectivity index (χ0) is 11.9. The number of benzene rings is 2. The van der Waals surface area contributed by atoms with E-state index in [2.05, 4.69) is 9.97 Å². The van der Waals surface area contributed by atoms with Gasteiger partial charge in [-0.2, -0.15) is 0 Å². The molecule has 0 amide bonds. The monoisotopic (exact) mass is 234 g/mol. The predicted octanol–water partition coefficient (Wildman–Crippen LogP) is 3.98. The molecule has 0 saturated carbocycles. The van der Waals surface area contributed by atoms with Crippen molar-refractivity contribution in [1.29, 1.82) is 0 Å². The van der Waals surface area contributed by atoms with Crippen molar-refractivity contribution in [2.75, 3.05) is 0 Å². The zero-order valence-electron chi connectivity index (χ0n) is 9.55. The number of nitrogens with zero attached hydrogens (tertiary/aromatic N) is 1. The maximum atomic E-state index is 5.79. The third kappa shape index (κ3) is 1.34. The van der Waals surface area contributed by atoms with E-state index in [0.29, 0.717) is 0 Å². The summed E-state index contributed by atoms with van der Waals surface area (Å²) < 4.78 is 5.79. The highest BCUT2D eigenvalue weighted by atomic mass is 16.3. The number of aromatic amines is 1. The van der Waals surface area contributed by atoms with Crippen LogP contribution in [-0.4, -0.2) is 9.97 Å². The molecule has 2 aromatic heterocycles. The molecule has 3 nitrogen and oxygen atoms in total. The minimum atomic E-state index is 0.771. The number of hydrogen-bond donors (Lipinski definition) is 1. The van der Waals surface area contributed by atoms with E-state index >= 15 is 0 Å². The van der Waals surface area contributed by atoms with Crippen molar-refractivity contribution in [1.82, 2.24) is 9.97 Å². The first-order chi connectivity index (χ1) is 8.90. The minimum Gasteiger partial charge on any atom is -0.453 e. The number of H-pyrrole nitrogens is 1. The smallest absolute Gasteiger partial charge is 0.174 e. The van der Waals surface area contributed by atoms with Gasteiger partial charge in [0.25, 0.3) is 0 Å². The summed E-state index contributed by atoms with van der Waals surface area (Å²) in [6.45, 7) is 0. The maximum absolute atomic E-state index is 5.79. The molecule has 0 aliphatic carbocycles. The maximum Gasteiger partial charge on any atom is 0.174 e. The van der Waals surface area contributed by atoms with Crippen LogP contribution in [0.1, 0.15) is 0 Å². The Morgan fingerprint density at radius 2 is 1.78 bits per heavy atom. The average Bonchev–Trinajstić information content (AvgIpc) is 3.02. The molecule has 2 aromatic carbocycles. The van der Waals surface area contributed by atoms with Gasteiger partial charge >= 0.3 is 0 Å². The normalized spacial score (nSPS) is 11.3. The average molecular weight is 234 g/mol. The van der Waals surface area contributed by atoms with E-state index in [1.165, 1.54) is 0 Å². The van der Waals surface area contributed by atoms with Crippen LogP contribution in [0.15, 0.2) is 59.0 Å². The molecular formula is C15H10N2O. The third-order valence-corrected chi connectivity index (χ3v) is 3.05. The number of fused-ring (bicyclic) bond motifs is 2. The Kier molecular flexibility index (Phi) is 1.83. The van der Waals surface area contributed by atoms with E-state index in [1.807, 2.05) is 54.6 Å². The molecule has 1 N–H and O–H groups in total. The second-order valence-electron chi connectivity index (χ2n) is 4.25.